The normalized spacial score (nSPS) is 14.7. The van der Waals surface area contributed by atoms with E-state index in [1.54, 1.807) is 35.2 Å². The van der Waals surface area contributed by atoms with Crippen LogP contribution in [-0.4, -0.2) is 31.7 Å². The van der Waals surface area contributed by atoms with Crippen LogP contribution >= 0.6 is 12.2 Å². The van der Waals surface area contributed by atoms with Gasteiger partial charge in [0.15, 0.2) is 10.8 Å². The number of thiocarbonyl (C=S) groups is 1. The smallest absolute Gasteiger partial charge is 0.279 e. The minimum atomic E-state index is -3.93. The number of hydrazone groups is 1. The molecule has 0 aromatic heterocycles. The van der Waals surface area contributed by atoms with Crippen LogP contribution in [0.3, 0.4) is 0 Å². The van der Waals surface area contributed by atoms with Gasteiger partial charge in [0.05, 0.1) is 11.4 Å². The van der Waals surface area contributed by atoms with Gasteiger partial charge in [-0.25, -0.2) is 13.6 Å². The highest BCUT2D eigenvalue weighted by atomic mass is 32.2. The van der Waals surface area contributed by atoms with Crippen LogP contribution in [0.25, 0.3) is 0 Å². The lowest BCUT2D eigenvalue weighted by atomic mass is 10.1. The summed E-state index contributed by atoms with van der Waals surface area (Å²) in [4.78, 5) is 14.1. The number of nitrogens with one attached hydrogen (secondary N) is 2. The first-order chi connectivity index (χ1) is 13.3. The average molecular weight is 416 g/mol. The molecule has 3 rings (SSSR count). The zero-order valence-electron chi connectivity index (χ0n) is 14.6. The van der Waals surface area contributed by atoms with E-state index in [1.165, 1.54) is 12.1 Å². The fourth-order valence-electron chi connectivity index (χ4n) is 2.76. The van der Waals surface area contributed by atoms with Gasteiger partial charge in [-0.15, -0.1) is 6.58 Å². The van der Waals surface area contributed by atoms with Gasteiger partial charge in [-0.2, -0.15) is 5.10 Å². The quantitative estimate of drug-likeness (QED) is 0.388. The van der Waals surface area contributed by atoms with E-state index in [4.69, 9.17) is 17.4 Å². The van der Waals surface area contributed by atoms with Gasteiger partial charge in [-0.3, -0.25) is 10.2 Å². The molecule has 2 aromatic rings. The van der Waals surface area contributed by atoms with Crippen LogP contribution < -0.4 is 20.8 Å². The number of amides is 1. The van der Waals surface area contributed by atoms with Gasteiger partial charge >= 0.3 is 0 Å². The monoisotopic (exact) mass is 415 g/mol. The molecule has 0 fully saturated rings. The Kier molecular flexibility index (Phi) is 5.54. The lowest BCUT2D eigenvalue weighted by molar-refractivity contribution is -0.112. The van der Waals surface area contributed by atoms with Crippen molar-refractivity contribution in [1.82, 2.24) is 5.43 Å². The van der Waals surface area contributed by atoms with Crippen LogP contribution in [0.1, 0.15) is 5.56 Å². The van der Waals surface area contributed by atoms with Gasteiger partial charge in [0.25, 0.3) is 5.91 Å². The van der Waals surface area contributed by atoms with Crippen LogP contribution in [0.4, 0.5) is 11.4 Å². The zero-order valence-corrected chi connectivity index (χ0v) is 16.3. The van der Waals surface area contributed by atoms with Crippen LogP contribution in [0.15, 0.2) is 71.2 Å². The van der Waals surface area contributed by atoms with E-state index in [9.17, 15) is 13.2 Å². The average Bonchev–Trinajstić information content (AvgIpc) is 2.92. The van der Waals surface area contributed by atoms with Crippen molar-refractivity contribution >= 4 is 50.3 Å². The Morgan fingerprint density at radius 2 is 1.89 bits per heavy atom. The molecule has 1 amide bonds. The third-order valence-electron chi connectivity index (χ3n) is 3.92. The molecule has 1 aliphatic rings. The molecule has 0 spiro atoms. The molecule has 0 aliphatic carbocycles. The summed E-state index contributed by atoms with van der Waals surface area (Å²) in [7, 11) is -3.93. The molecule has 0 saturated carbocycles. The summed E-state index contributed by atoms with van der Waals surface area (Å²) in [5, 5.41) is 12.1. The first-order valence-electron chi connectivity index (χ1n) is 8.11. The summed E-state index contributed by atoms with van der Waals surface area (Å²) in [6.45, 7) is 4.01. The van der Waals surface area contributed by atoms with Gasteiger partial charge in [-0.1, -0.05) is 36.4 Å². The van der Waals surface area contributed by atoms with E-state index < -0.39 is 10.0 Å². The number of fused-ring (bicyclic) bond motifs is 1. The molecule has 0 unspecified atom stereocenters. The van der Waals surface area contributed by atoms with Gasteiger partial charge in [0, 0.05) is 12.1 Å². The first kappa shape index (κ1) is 19.7. The Labute approximate surface area is 167 Å². The lowest BCUT2D eigenvalue weighted by Gasteiger charge is -2.13. The van der Waals surface area contributed by atoms with Crippen molar-refractivity contribution in [1.29, 1.82) is 0 Å². The number of nitrogens with two attached hydrogens (primary N) is 1. The van der Waals surface area contributed by atoms with E-state index in [1.807, 2.05) is 12.1 Å². The van der Waals surface area contributed by atoms with Crippen LogP contribution in [0.5, 0.6) is 0 Å². The lowest BCUT2D eigenvalue weighted by Crippen LogP contribution is -2.32. The Balaban J connectivity index is 1.82. The van der Waals surface area contributed by atoms with Crippen molar-refractivity contribution in [2.24, 2.45) is 10.2 Å². The summed E-state index contributed by atoms with van der Waals surface area (Å²) < 4.78 is 23.3. The second-order valence-electron chi connectivity index (χ2n) is 5.79. The van der Waals surface area contributed by atoms with Gasteiger partial charge < -0.3 is 10.2 Å². The third kappa shape index (κ3) is 3.93. The summed E-state index contributed by atoms with van der Waals surface area (Å²) in [6.07, 6.45) is 1.63. The zero-order chi connectivity index (χ0) is 20.3. The maximum Gasteiger partial charge on any atom is 0.279 e. The molecular weight excluding hydrogens is 398 g/mol. The van der Waals surface area contributed by atoms with Gasteiger partial charge in [0.1, 0.15) is 4.90 Å². The number of sulfonamides is 1. The second kappa shape index (κ2) is 7.89. The van der Waals surface area contributed by atoms with E-state index >= 15 is 0 Å². The minimum absolute atomic E-state index is 0.0102. The molecule has 0 saturated heterocycles. The fraction of sp³-hybridized carbons (Fsp3) is 0.0556. The molecule has 28 heavy (non-hydrogen) atoms. The molecule has 4 N–H and O–H groups in total. The Hall–Kier alpha value is -3.08. The van der Waals surface area contributed by atoms with Crippen molar-refractivity contribution in [2.75, 3.05) is 16.8 Å². The maximum absolute atomic E-state index is 12.7. The number of hydrogen-bond donors (Lipinski definition) is 3. The molecule has 1 heterocycles. The number of primary sulfonamides is 1. The van der Waals surface area contributed by atoms with Crippen LogP contribution in [0.2, 0.25) is 0 Å². The number of anilines is 2. The van der Waals surface area contributed by atoms with Crippen LogP contribution in [-0.2, 0) is 14.8 Å². The highest BCUT2D eigenvalue weighted by molar-refractivity contribution is 7.89. The summed E-state index contributed by atoms with van der Waals surface area (Å²) >= 11 is 5.17. The highest BCUT2D eigenvalue weighted by Crippen LogP contribution is 2.28. The molecular formula is C18H17N5O3S2. The number of carbonyl (C=O) groups excluding carboxylic acids is 1. The molecule has 2 aromatic carbocycles. The maximum atomic E-state index is 12.7. The summed E-state index contributed by atoms with van der Waals surface area (Å²) in [6, 6.07) is 13.3. The molecule has 0 bridgehead atoms. The topological polar surface area (TPSA) is 117 Å². The predicted molar refractivity (Wildman–Crippen MR) is 113 cm³/mol. The second-order valence-corrected chi connectivity index (χ2v) is 7.73. The number of nitrogens with zero attached hydrogens (tertiary/aromatic N) is 2. The summed E-state index contributed by atoms with van der Waals surface area (Å²) in [5.41, 5.74) is 4.37. The molecule has 10 heteroatoms. The van der Waals surface area contributed by atoms with Crippen molar-refractivity contribution in [3.05, 3.63) is 66.7 Å². The Morgan fingerprint density at radius 3 is 2.61 bits per heavy atom. The Morgan fingerprint density at radius 1 is 1.21 bits per heavy atom. The largest absolute Gasteiger partial charge is 0.330 e. The van der Waals surface area contributed by atoms with Crippen molar-refractivity contribution in [2.45, 2.75) is 4.90 Å². The standard InChI is InChI=1S/C18H17N5O3S2/c1-2-11-23-14-9-5-3-7-12(14)16(17(23)24)21-22-18(27)20-13-8-4-6-10-15(13)28(19,25)26/h2-10H,1,11H2,(H2,19,25,26)(H2,20,22,27). The number of para-hydroxylation sites is 2. The Bertz CT molecular complexity index is 1100. The van der Waals surface area contributed by atoms with E-state index in [0.29, 0.717) is 12.1 Å². The van der Waals surface area contributed by atoms with Crippen LogP contribution in [0, 0.1) is 0 Å². The number of hydrogen-bond acceptors (Lipinski definition) is 5. The molecule has 8 nitrogen and oxygen atoms in total. The van der Waals surface area contributed by atoms with Gasteiger partial charge in [-0.05, 0) is 30.4 Å². The molecule has 144 valence electrons. The molecule has 1 aliphatic heterocycles. The van der Waals surface area contributed by atoms with Crippen molar-refractivity contribution in [3.8, 4) is 0 Å². The van der Waals surface area contributed by atoms with E-state index in [0.717, 1.165) is 5.69 Å². The molecule has 0 radical (unpaired) electrons. The van der Waals surface area contributed by atoms with E-state index in [-0.39, 0.29) is 27.3 Å². The number of rotatable bonds is 5. The number of carbonyl (C=O) groups is 1. The van der Waals surface area contributed by atoms with Gasteiger partial charge in [0.2, 0.25) is 10.0 Å². The first-order valence-corrected chi connectivity index (χ1v) is 10.1. The fourth-order valence-corrected chi connectivity index (χ4v) is 3.60. The predicted octanol–water partition coefficient (Wildman–Crippen LogP) is 1.56. The van der Waals surface area contributed by atoms with E-state index in [2.05, 4.69) is 22.4 Å². The SMILES string of the molecule is C=CCN1C(=O)C(=NNC(=S)Nc2ccccc2S(N)(=O)=O)c2ccccc21. The highest BCUT2D eigenvalue weighted by Gasteiger charge is 2.33. The summed E-state index contributed by atoms with van der Waals surface area (Å²) in [5.74, 6) is -0.290. The van der Waals surface area contributed by atoms with Crippen molar-refractivity contribution < 1.29 is 13.2 Å². The molecule has 0 atom stereocenters. The third-order valence-corrected chi connectivity index (χ3v) is 5.08. The van der Waals surface area contributed by atoms with Crippen molar-refractivity contribution in [3.63, 3.8) is 0 Å². The minimum Gasteiger partial charge on any atom is -0.330 e. The number of benzene rings is 2.